The van der Waals surface area contributed by atoms with Gasteiger partial charge in [-0.1, -0.05) is 17.7 Å². The highest BCUT2D eigenvalue weighted by atomic mass is 35.5. The van der Waals surface area contributed by atoms with Crippen molar-refractivity contribution < 1.29 is 13.9 Å². The molecule has 0 atom stereocenters. The van der Waals surface area contributed by atoms with E-state index in [1.54, 1.807) is 36.1 Å². The molecular formula is C19H18ClFN4O2. The second kappa shape index (κ2) is 8.28. The van der Waals surface area contributed by atoms with E-state index in [1.807, 2.05) is 13.0 Å². The summed E-state index contributed by atoms with van der Waals surface area (Å²) in [5.41, 5.74) is 2.10. The number of methoxy groups -OCH3 is 1. The topological polar surface area (TPSA) is 69.0 Å². The third-order valence-corrected chi connectivity index (χ3v) is 4.38. The first-order valence-corrected chi connectivity index (χ1v) is 8.64. The molecule has 0 bridgehead atoms. The Morgan fingerprint density at radius 1 is 1.26 bits per heavy atom. The fourth-order valence-electron chi connectivity index (χ4n) is 2.53. The molecule has 0 unspecified atom stereocenters. The van der Waals surface area contributed by atoms with Crippen LogP contribution in [-0.4, -0.2) is 40.9 Å². The molecule has 2 aromatic carbocycles. The van der Waals surface area contributed by atoms with Gasteiger partial charge in [-0.05, 0) is 48.9 Å². The third-order valence-electron chi connectivity index (χ3n) is 3.97. The maximum absolute atomic E-state index is 13.3. The Bertz CT molecular complexity index is 957. The molecule has 0 spiro atoms. The molecule has 3 aromatic rings. The first kappa shape index (κ1) is 19.0. The van der Waals surface area contributed by atoms with Crippen LogP contribution in [0.4, 0.5) is 4.39 Å². The van der Waals surface area contributed by atoms with Crippen LogP contribution in [0.5, 0.6) is 0 Å². The fourth-order valence-corrected chi connectivity index (χ4v) is 2.70. The molecule has 8 heteroatoms. The van der Waals surface area contributed by atoms with Gasteiger partial charge in [-0.15, -0.1) is 5.10 Å². The summed E-state index contributed by atoms with van der Waals surface area (Å²) in [4.78, 5) is 16.7. The summed E-state index contributed by atoms with van der Waals surface area (Å²) in [5.74, 6) is -0.364. The quantitative estimate of drug-likeness (QED) is 0.657. The number of hydrogen-bond donors (Lipinski definition) is 1. The predicted octanol–water partition coefficient (Wildman–Crippen LogP) is 3.41. The van der Waals surface area contributed by atoms with Crippen LogP contribution < -0.4 is 5.32 Å². The van der Waals surface area contributed by atoms with Crippen molar-refractivity contribution in [3.8, 4) is 17.1 Å². The van der Waals surface area contributed by atoms with Crippen molar-refractivity contribution >= 4 is 17.5 Å². The molecule has 0 saturated carbocycles. The summed E-state index contributed by atoms with van der Waals surface area (Å²) in [6.07, 6.45) is 0. The maximum Gasteiger partial charge on any atom is 0.291 e. The van der Waals surface area contributed by atoms with Crippen LogP contribution in [0.3, 0.4) is 0 Å². The van der Waals surface area contributed by atoms with Crippen molar-refractivity contribution in [1.29, 1.82) is 0 Å². The number of hydrogen-bond acceptors (Lipinski definition) is 4. The van der Waals surface area contributed by atoms with E-state index in [2.05, 4.69) is 15.4 Å². The lowest BCUT2D eigenvalue weighted by molar-refractivity contribution is 0.0927. The number of halogens is 2. The molecule has 0 aliphatic heterocycles. The van der Waals surface area contributed by atoms with E-state index in [1.165, 1.54) is 12.1 Å². The predicted molar refractivity (Wildman–Crippen MR) is 101 cm³/mol. The van der Waals surface area contributed by atoms with Gasteiger partial charge >= 0.3 is 0 Å². The molecular weight excluding hydrogens is 371 g/mol. The van der Waals surface area contributed by atoms with E-state index in [0.717, 1.165) is 5.56 Å². The van der Waals surface area contributed by atoms with Gasteiger partial charge in [-0.2, -0.15) is 0 Å². The van der Waals surface area contributed by atoms with Crippen LogP contribution in [0, 0.1) is 12.7 Å². The number of carbonyl (C=O) groups excluding carboxylic acids is 1. The zero-order valence-electron chi connectivity index (χ0n) is 14.9. The first-order valence-electron chi connectivity index (χ1n) is 8.27. The summed E-state index contributed by atoms with van der Waals surface area (Å²) in [5, 5.41) is 7.62. The summed E-state index contributed by atoms with van der Waals surface area (Å²) in [7, 11) is 1.55. The number of carbonyl (C=O) groups is 1. The molecule has 1 heterocycles. The minimum absolute atomic E-state index is 0.00445. The van der Waals surface area contributed by atoms with Gasteiger partial charge in [0.05, 0.1) is 12.3 Å². The van der Waals surface area contributed by atoms with Gasteiger partial charge in [0.25, 0.3) is 5.91 Å². The van der Waals surface area contributed by atoms with E-state index in [4.69, 9.17) is 16.3 Å². The largest absolute Gasteiger partial charge is 0.383 e. The van der Waals surface area contributed by atoms with Gasteiger partial charge in [0, 0.05) is 24.2 Å². The number of nitrogens with zero attached hydrogens (tertiary/aromatic N) is 3. The number of rotatable bonds is 6. The summed E-state index contributed by atoms with van der Waals surface area (Å²) in [6, 6.07) is 11.2. The third kappa shape index (κ3) is 4.15. The molecule has 0 radical (unpaired) electrons. The molecule has 1 N–H and O–H groups in total. The molecule has 140 valence electrons. The maximum atomic E-state index is 13.3. The number of aromatic nitrogens is 3. The standard InChI is InChI=1S/C19H18ClFN4O2/c1-12-15(20)4-3-5-16(12)25-18(13-6-8-14(21)9-7-13)23-17(24-25)19(26)22-10-11-27-2/h3-9H,10-11H2,1-2H3,(H,22,26). The molecule has 0 saturated heterocycles. The second-order valence-electron chi connectivity index (χ2n) is 5.81. The molecule has 0 aliphatic rings. The van der Waals surface area contributed by atoms with Gasteiger partial charge in [0.15, 0.2) is 5.82 Å². The lowest BCUT2D eigenvalue weighted by Gasteiger charge is -2.10. The van der Waals surface area contributed by atoms with Crippen LogP contribution in [0.15, 0.2) is 42.5 Å². The SMILES string of the molecule is COCCNC(=O)c1nc(-c2ccc(F)cc2)n(-c2cccc(Cl)c2C)n1. The second-order valence-corrected chi connectivity index (χ2v) is 6.22. The normalized spacial score (nSPS) is 10.8. The van der Waals surface area contributed by atoms with E-state index in [9.17, 15) is 9.18 Å². The van der Waals surface area contributed by atoms with E-state index in [0.29, 0.717) is 35.2 Å². The summed E-state index contributed by atoms with van der Waals surface area (Å²) >= 11 is 6.23. The summed E-state index contributed by atoms with van der Waals surface area (Å²) in [6.45, 7) is 2.57. The lowest BCUT2D eigenvalue weighted by Crippen LogP contribution is -2.28. The van der Waals surface area contributed by atoms with E-state index >= 15 is 0 Å². The molecule has 27 heavy (non-hydrogen) atoms. The lowest BCUT2D eigenvalue weighted by atomic mass is 10.1. The minimum Gasteiger partial charge on any atom is -0.383 e. The monoisotopic (exact) mass is 388 g/mol. The van der Waals surface area contributed by atoms with Crippen molar-refractivity contribution in [3.05, 3.63) is 64.7 Å². The van der Waals surface area contributed by atoms with Gasteiger partial charge in [0.2, 0.25) is 5.82 Å². The van der Waals surface area contributed by atoms with Crippen LogP contribution in [0.1, 0.15) is 16.2 Å². The number of nitrogens with one attached hydrogen (secondary N) is 1. The molecule has 1 amide bonds. The Kier molecular flexibility index (Phi) is 5.83. The van der Waals surface area contributed by atoms with Gasteiger partial charge in [0.1, 0.15) is 5.82 Å². The summed E-state index contributed by atoms with van der Waals surface area (Å²) < 4.78 is 19.8. The van der Waals surface area contributed by atoms with Gasteiger partial charge < -0.3 is 10.1 Å². The Balaban J connectivity index is 2.08. The van der Waals surface area contributed by atoms with E-state index < -0.39 is 5.91 Å². The molecule has 0 fully saturated rings. The smallest absolute Gasteiger partial charge is 0.291 e. The van der Waals surface area contributed by atoms with Crippen molar-refractivity contribution in [2.75, 3.05) is 20.3 Å². The zero-order chi connectivity index (χ0) is 19.4. The highest BCUT2D eigenvalue weighted by Gasteiger charge is 2.20. The zero-order valence-corrected chi connectivity index (χ0v) is 15.6. The Labute approximate surface area is 160 Å². The average Bonchev–Trinajstić information content (AvgIpc) is 3.10. The van der Waals surface area contributed by atoms with Crippen molar-refractivity contribution in [3.63, 3.8) is 0 Å². The Morgan fingerprint density at radius 3 is 2.70 bits per heavy atom. The van der Waals surface area contributed by atoms with E-state index in [-0.39, 0.29) is 11.6 Å². The van der Waals surface area contributed by atoms with Gasteiger partial charge in [-0.25, -0.2) is 14.1 Å². The highest BCUT2D eigenvalue weighted by molar-refractivity contribution is 6.31. The molecule has 0 aliphatic carbocycles. The van der Waals surface area contributed by atoms with Crippen molar-refractivity contribution in [2.45, 2.75) is 6.92 Å². The van der Waals surface area contributed by atoms with Crippen molar-refractivity contribution in [2.24, 2.45) is 0 Å². The van der Waals surface area contributed by atoms with Crippen LogP contribution in [-0.2, 0) is 4.74 Å². The Morgan fingerprint density at radius 2 is 2.00 bits per heavy atom. The number of benzene rings is 2. The molecule has 6 nitrogen and oxygen atoms in total. The van der Waals surface area contributed by atoms with Crippen LogP contribution in [0.2, 0.25) is 5.02 Å². The van der Waals surface area contributed by atoms with Crippen LogP contribution in [0.25, 0.3) is 17.1 Å². The minimum atomic E-state index is -0.422. The highest BCUT2D eigenvalue weighted by Crippen LogP contribution is 2.26. The number of amides is 1. The fraction of sp³-hybridized carbons (Fsp3) is 0.211. The van der Waals surface area contributed by atoms with Crippen molar-refractivity contribution in [1.82, 2.24) is 20.1 Å². The average molecular weight is 389 g/mol. The number of ether oxygens (including phenoxy) is 1. The first-order chi connectivity index (χ1) is 13.0. The molecule has 1 aromatic heterocycles. The van der Waals surface area contributed by atoms with Crippen LogP contribution >= 0.6 is 11.6 Å². The molecule has 3 rings (SSSR count). The Hall–Kier alpha value is -2.77. The van der Waals surface area contributed by atoms with Gasteiger partial charge in [-0.3, -0.25) is 4.79 Å².